The number of nitrogens with zero attached hydrogens (tertiary/aromatic N) is 2. The van der Waals surface area contributed by atoms with Crippen LogP contribution in [0.5, 0.6) is 0 Å². The molecule has 1 aliphatic heterocycles. The molecule has 4 nitrogen and oxygen atoms in total. The SMILES string of the molecule is CN(N)CC1CCN(CCN)CC1. The highest BCUT2D eigenvalue weighted by Crippen LogP contribution is 2.16. The van der Waals surface area contributed by atoms with Crippen molar-refractivity contribution in [2.24, 2.45) is 17.5 Å². The van der Waals surface area contributed by atoms with Gasteiger partial charge in [-0.1, -0.05) is 0 Å². The Morgan fingerprint density at radius 1 is 1.38 bits per heavy atom. The number of rotatable bonds is 4. The van der Waals surface area contributed by atoms with Gasteiger partial charge in [-0.2, -0.15) is 0 Å². The number of piperidine rings is 1. The van der Waals surface area contributed by atoms with Crippen molar-refractivity contribution in [1.82, 2.24) is 9.91 Å². The molecule has 0 atom stereocenters. The van der Waals surface area contributed by atoms with E-state index in [4.69, 9.17) is 11.6 Å². The first-order chi connectivity index (χ1) is 6.22. The van der Waals surface area contributed by atoms with Crippen molar-refractivity contribution < 1.29 is 0 Å². The lowest BCUT2D eigenvalue weighted by Gasteiger charge is -2.32. The van der Waals surface area contributed by atoms with Gasteiger partial charge in [0.1, 0.15) is 0 Å². The van der Waals surface area contributed by atoms with Gasteiger partial charge >= 0.3 is 0 Å². The molecule has 1 rings (SSSR count). The second-order valence-electron chi connectivity index (χ2n) is 4.01. The molecule has 0 unspecified atom stereocenters. The van der Waals surface area contributed by atoms with Crippen molar-refractivity contribution in [1.29, 1.82) is 0 Å². The van der Waals surface area contributed by atoms with Gasteiger partial charge < -0.3 is 10.6 Å². The maximum atomic E-state index is 5.62. The molecule has 0 amide bonds. The third-order valence-electron chi connectivity index (χ3n) is 2.70. The second-order valence-corrected chi connectivity index (χ2v) is 4.01. The Morgan fingerprint density at radius 3 is 2.46 bits per heavy atom. The average molecular weight is 186 g/mol. The Kier molecular flexibility index (Phi) is 4.66. The van der Waals surface area contributed by atoms with Crippen LogP contribution in [0.15, 0.2) is 0 Å². The summed E-state index contributed by atoms with van der Waals surface area (Å²) in [6.45, 7) is 5.23. The first-order valence-electron chi connectivity index (χ1n) is 5.10. The first kappa shape index (κ1) is 10.9. The zero-order chi connectivity index (χ0) is 9.68. The number of nitrogens with two attached hydrogens (primary N) is 2. The zero-order valence-corrected chi connectivity index (χ0v) is 8.58. The Hall–Kier alpha value is -0.160. The van der Waals surface area contributed by atoms with Gasteiger partial charge in [0.2, 0.25) is 0 Å². The topological polar surface area (TPSA) is 58.5 Å². The minimum absolute atomic E-state index is 0.779. The molecule has 1 fully saturated rings. The highest BCUT2D eigenvalue weighted by atomic mass is 15.4. The van der Waals surface area contributed by atoms with Crippen LogP contribution in [-0.2, 0) is 0 Å². The molecule has 13 heavy (non-hydrogen) atoms. The molecular weight excluding hydrogens is 164 g/mol. The summed E-state index contributed by atoms with van der Waals surface area (Å²) in [5.74, 6) is 6.40. The number of likely N-dealkylation sites (tertiary alicyclic amines) is 1. The summed E-state index contributed by atoms with van der Waals surface area (Å²) in [7, 11) is 1.94. The summed E-state index contributed by atoms with van der Waals surface area (Å²) < 4.78 is 0. The summed E-state index contributed by atoms with van der Waals surface area (Å²) in [6, 6.07) is 0. The van der Waals surface area contributed by atoms with E-state index in [2.05, 4.69) is 4.90 Å². The van der Waals surface area contributed by atoms with Crippen LogP contribution in [0.1, 0.15) is 12.8 Å². The molecular formula is C9H22N4. The van der Waals surface area contributed by atoms with E-state index in [1.807, 2.05) is 7.05 Å². The Balaban J connectivity index is 2.15. The van der Waals surface area contributed by atoms with E-state index in [0.29, 0.717) is 0 Å². The van der Waals surface area contributed by atoms with Crippen LogP contribution in [0.3, 0.4) is 0 Å². The van der Waals surface area contributed by atoms with Crippen LogP contribution in [0.25, 0.3) is 0 Å². The Morgan fingerprint density at radius 2 is 2.00 bits per heavy atom. The monoisotopic (exact) mass is 186 g/mol. The van der Waals surface area contributed by atoms with Crippen LogP contribution < -0.4 is 11.6 Å². The van der Waals surface area contributed by atoms with E-state index < -0.39 is 0 Å². The third-order valence-corrected chi connectivity index (χ3v) is 2.70. The van der Waals surface area contributed by atoms with Crippen LogP contribution in [0, 0.1) is 5.92 Å². The van der Waals surface area contributed by atoms with Gasteiger partial charge in [0.15, 0.2) is 0 Å². The van der Waals surface area contributed by atoms with E-state index in [-0.39, 0.29) is 0 Å². The molecule has 0 radical (unpaired) electrons. The summed E-state index contributed by atoms with van der Waals surface area (Å²) in [4.78, 5) is 2.44. The largest absolute Gasteiger partial charge is 0.329 e. The summed E-state index contributed by atoms with van der Waals surface area (Å²) in [5, 5.41) is 1.79. The number of hydrogen-bond acceptors (Lipinski definition) is 4. The fourth-order valence-electron chi connectivity index (χ4n) is 1.98. The highest BCUT2D eigenvalue weighted by Gasteiger charge is 2.18. The van der Waals surface area contributed by atoms with E-state index >= 15 is 0 Å². The molecule has 0 aromatic carbocycles. The van der Waals surface area contributed by atoms with Crippen molar-refractivity contribution in [3.8, 4) is 0 Å². The predicted octanol–water partition coefficient (Wildman–Crippen LogP) is -0.537. The van der Waals surface area contributed by atoms with Crippen LogP contribution in [0.2, 0.25) is 0 Å². The summed E-state index contributed by atoms with van der Waals surface area (Å²) >= 11 is 0. The van der Waals surface area contributed by atoms with E-state index in [1.54, 1.807) is 5.01 Å². The number of hydrazine groups is 1. The molecule has 1 heterocycles. The summed E-state index contributed by atoms with van der Waals surface area (Å²) in [6.07, 6.45) is 2.53. The maximum absolute atomic E-state index is 5.62. The molecule has 0 aromatic heterocycles. The van der Waals surface area contributed by atoms with Gasteiger partial charge in [-0.05, 0) is 31.8 Å². The molecule has 0 spiro atoms. The maximum Gasteiger partial charge on any atom is 0.0154 e. The lowest BCUT2D eigenvalue weighted by molar-refractivity contribution is 0.158. The van der Waals surface area contributed by atoms with E-state index in [0.717, 1.165) is 25.6 Å². The molecule has 1 saturated heterocycles. The lowest BCUT2D eigenvalue weighted by Crippen LogP contribution is -2.41. The Bertz CT molecular complexity index is 130. The van der Waals surface area contributed by atoms with Gasteiger partial charge in [-0.15, -0.1) is 0 Å². The van der Waals surface area contributed by atoms with E-state index in [9.17, 15) is 0 Å². The van der Waals surface area contributed by atoms with Crippen molar-refractivity contribution in [3.05, 3.63) is 0 Å². The van der Waals surface area contributed by atoms with Crippen molar-refractivity contribution in [3.63, 3.8) is 0 Å². The smallest absolute Gasteiger partial charge is 0.0154 e. The predicted molar refractivity (Wildman–Crippen MR) is 55.0 cm³/mol. The van der Waals surface area contributed by atoms with Crippen LogP contribution >= 0.6 is 0 Å². The van der Waals surface area contributed by atoms with Crippen molar-refractivity contribution >= 4 is 0 Å². The second kappa shape index (κ2) is 5.54. The molecule has 1 aliphatic rings. The van der Waals surface area contributed by atoms with Crippen molar-refractivity contribution in [2.75, 3.05) is 39.8 Å². The minimum Gasteiger partial charge on any atom is -0.329 e. The molecule has 0 bridgehead atoms. The normalized spacial score (nSPS) is 21.2. The minimum atomic E-state index is 0.779. The van der Waals surface area contributed by atoms with E-state index in [1.165, 1.54) is 25.9 Å². The van der Waals surface area contributed by atoms with Gasteiger partial charge in [-0.3, -0.25) is 5.84 Å². The van der Waals surface area contributed by atoms with Crippen LogP contribution in [0.4, 0.5) is 0 Å². The zero-order valence-electron chi connectivity index (χ0n) is 8.58. The molecule has 0 aliphatic carbocycles. The van der Waals surface area contributed by atoms with Crippen LogP contribution in [-0.4, -0.2) is 49.7 Å². The van der Waals surface area contributed by atoms with Crippen molar-refractivity contribution in [2.45, 2.75) is 12.8 Å². The molecule has 0 saturated carbocycles. The average Bonchev–Trinajstić information content (AvgIpc) is 2.08. The molecule has 0 aromatic rings. The fraction of sp³-hybridized carbons (Fsp3) is 1.00. The molecule has 4 heteroatoms. The molecule has 4 N–H and O–H groups in total. The number of hydrogen-bond donors (Lipinski definition) is 2. The van der Waals surface area contributed by atoms with Gasteiger partial charge in [-0.25, -0.2) is 5.01 Å². The first-order valence-corrected chi connectivity index (χ1v) is 5.10. The van der Waals surface area contributed by atoms with Gasteiger partial charge in [0.25, 0.3) is 0 Å². The highest BCUT2D eigenvalue weighted by molar-refractivity contribution is 4.73. The lowest BCUT2D eigenvalue weighted by atomic mass is 9.97. The van der Waals surface area contributed by atoms with Gasteiger partial charge in [0.05, 0.1) is 0 Å². The fourth-order valence-corrected chi connectivity index (χ4v) is 1.98. The Labute approximate surface area is 80.8 Å². The quantitative estimate of drug-likeness (QED) is 0.457. The third kappa shape index (κ3) is 4.04. The molecule has 78 valence electrons. The van der Waals surface area contributed by atoms with Gasteiger partial charge in [0, 0.05) is 26.7 Å². The standard InChI is InChI=1S/C9H22N4/c1-12(11)8-9-2-5-13(6-3-9)7-4-10/h9H,2-8,10-11H2,1H3. The summed E-state index contributed by atoms with van der Waals surface area (Å²) in [5.41, 5.74) is 5.50.